The first-order valence-electron chi connectivity index (χ1n) is 8.50. The van der Waals surface area contributed by atoms with Crippen LogP contribution in [0.4, 0.5) is 15.8 Å². The molecule has 0 spiro atoms. The molecule has 26 heavy (non-hydrogen) atoms. The number of halogens is 1. The summed E-state index contributed by atoms with van der Waals surface area (Å²) in [6.07, 6.45) is 3.51. The molecule has 4 rings (SSSR count). The third-order valence-electron chi connectivity index (χ3n) is 4.47. The fourth-order valence-corrected chi connectivity index (χ4v) is 3.14. The lowest BCUT2D eigenvalue weighted by molar-refractivity contribution is 0.102. The molecule has 1 aliphatic rings. The molecule has 0 saturated carbocycles. The Hall–Kier alpha value is -2.93. The van der Waals surface area contributed by atoms with E-state index < -0.39 is 5.82 Å². The van der Waals surface area contributed by atoms with E-state index >= 15 is 0 Å². The molecule has 1 fully saturated rings. The molecule has 6 nitrogen and oxygen atoms in total. The SMILES string of the molecule is Cc1cccn2cc(C(=O)Nc3cc(F)ccc3N3CCOCC3)nc12. The fraction of sp³-hybridized carbons (Fsp3) is 0.263. The summed E-state index contributed by atoms with van der Waals surface area (Å²) < 4.78 is 20.9. The molecular weight excluding hydrogens is 335 g/mol. The number of anilines is 2. The Balaban J connectivity index is 1.64. The Labute approximate surface area is 150 Å². The van der Waals surface area contributed by atoms with Gasteiger partial charge in [-0.1, -0.05) is 6.07 Å². The van der Waals surface area contributed by atoms with E-state index in [1.54, 1.807) is 16.7 Å². The molecule has 134 valence electrons. The van der Waals surface area contributed by atoms with Crippen molar-refractivity contribution in [3.05, 3.63) is 59.8 Å². The molecule has 1 amide bonds. The quantitative estimate of drug-likeness (QED) is 0.786. The number of aromatic nitrogens is 2. The summed E-state index contributed by atoms with van der Waals surface area (Å²) in [5.74, 6) is -0.767. The zero-order valence-electron chi connectivity index (χ0n) is 14.4. The minimum Gasteiger partial charge on any atom is -0.378 e. The van der Waals surface area contributed by atoms with Crippen LogP contribution in [-0.2, 0) is 4.74 Å². The largest absolute Gasteiger partial charge is 0.378 e. The molecule has 2 aromatic heterocycles. The van der Waals surface area contributed by atoms with Gasteiger partial charge >= 0.3 is 0 Å². The number of ether oxygens (including phenoxy) is 1. The molecule has 0 aliphatic carbocycles. The van der Waals surface area contributed by atoms with E-state index in [1.807, 2.05) is 25.3 Å². The van der Waals surface area contributed by atoms with Gasteiger partial charge in [-0.15, -0.1) is 0 Å². The average Bonchev–Trinajstić information content (AvgIpc) is 3.09. The maximum Gasteiger partial charge on any atom is 0.275 e. The van der Waals surface area contributed by atoms with Gasteiger partial charge in [0, 0.05) is 25.5 Å². The van der Waals surface area contributed by atoms with Crippen LogP contribution in [0.25, 0.3) is 5.65 Å². The van der Waals surface area contributed by atoms with Gasteiger partial charge in [-0.25, -0.2) is 9.37 Å². The highest BCUT2D eigenvalue weighted by Crippen LogP contribution is 2.28. The number of fused-ring (bicyclic) bond motifs is 1. The first-order chi connectivity index (χ1) is 12.6. The van der Waals surface area contributed by atoms with Crippen molar-refractivity contribution >= 4 is 22.9 Å². The van der Waals surface area contributed by atoms with Gasteiger partial charge in [0.1, 0.15) is 17.2 Å². The Morgan fingerprint density at radius 2 is 2.08 bits per heavy atom. The third kappa shape index (κ3) is 3.13. The fourth-order valence-electron chi connectivity index (χ4n) is 3.14. The highest BCUT2D eigenvalue weighted by atomic mass is 19.1. The highest BCUT2D eigenvalue weighted by Gasteiger charge is 2.19. The second kappa shape index (κ2) is 6.76. The standard InChI is InChI=1S/C19H19FN4O2/c1-13-3-2-6-24-12-16(21-18(13)24)19(25)22-15-11-14(20)4-5-17(15)23-7-9-26-10-8-23/h2-6,11-12H,7-10H2,1H3,(H,22,25). The van der Waals surface area contributed by atoms with Crippen molar-refractivity contribution in [1.29, 1.82) is 0 Å². The molecule has 1 aliphatic heterocycles. The summed E-state index contributed by atoms with van der Waals surface area (Å²) in [6.45, 7) is 4.55. The second-order valence-electron chi connectivity index (χ2n) is 6.26. The van der Waals surface area contributed by atoms with Crippen molar-refractivity contribution < 1.29 is 13.9 Å². The Morgan fingerprint density at radius 1 is 1.27 bits per heavy atom. The van der Waals surface area contributed by atoms with Crippen molar-refractivity contribution in [2.45, 2.75) is 6.92 Å². The zero-order chi connectivity index (χ0) is 18.1. The van der Waals surface area contributed by atoms with Crippen LogP contribution in [0.2, 0.25) is 0 Å². The molecule has 0 atom stereocenters. The number of hydrogen-bond acceptors (Lipinski definition) is 4. The molecule has 3 heterocycles. The van der Waals surface area contributed by atoms with E-state index in [0.717, 1.165) is 16.9 Å². The van der Waals surface area contributed by atoms with Crippen LogP contribution in [0.15, 0.2) is 42.7 Å². The van der Waals surface area contributed by atoms with Gasteiger partial charge in [-0.3, -0.25) is 4.79 Å². The van der Waals surface area contributed by atoms with Gasteiger partial charge in [0.05, 0.1) is 24.6 Å². The number of nitrogens with zero attached hydrogens (tertiary/aromatic N) is 3. The van der Waals surface area contributed by atoms with Gasteiger partial charge in [0.2, 0.25) is 0 Å². The summed E-state index contributed by atoms with van der Waals surface area (Å²) in [4.78, 5) is 19.2. The minimum absolute atomic E-state index is 0.288. The van der Waals surface area contributed by atoms with Crippen LogP contribution in [0.1, 0.15) is 16.1 Å². The minimum atomic E-state index is -0.400. The molecule has 0 unspecified atom stereocenters. The lowest BCUT2D eigenvalue weighted by atomic mass is 10.2. The van der Waals surface area contributed by atoms with Crippen molar-refractivity contribution in [3.8, 4) is 0 Å². The van der Waals surface area contributed by atoms with E-state index in [0.29, 0.717) is 32.0 Å². The van der Waals surface area contributed by atoms with E-state index in [-0.39, 0.29) is 11.6 Å². The molecular formula is C19H19FN4O2. The molecule has 0 bridgehead atoms. The van der Waals surface area contributed by atoms with Crippen LogP contribution in [0, 0.1) is 12.7 Å². The number of rotatable bonds is 3. The molecule has 1 saturated heterocycles. The van der Waals surface area contributed by atoms with E-state index in [1.165, 1.54) is 12.1 Å². The number of imidazole rings is 1. The smallest absolute Gasteiger partial charge is 0.275 e. The molecule has 0 radical (unpaired) electrons. The number of nitrogens with one attached hydrogen (secondary N) is 1. The maximum absolute atomic E-state index is 13.8. The van der Waals surface area contributed by atoms with Gasteiger partial charge in [0.15, 0.2) is 0 Å². The lowest BCUT2D eigenvalue weighted by Gasteiger charge is -2.30. The topological polar surface area (TPSA) is 58.9 Å². The van der Waals surface area contributed by atoms with Gasteiger partial charge in [0.25, 0.3) is 5.91 Å². The predicted molar refractivity (Wildman–Crippen MR) is 97.3 cm³/mol. The normalized spacial score (nSPS) is 14.6. The number of amides is 1. The molecule has 1 aromatic carbocycles. The van der Waals surface area contributed by atoms with Crippen LogP contribution in [0.5, 0.6) is 0 Å². The van der Waals surface area contributed by atoms with E-state index in [4.69, 9.17) is 4.74 Å². The van der Waals surface area contributed by atoms with Crippen molar-refractivity contribution in [2.24, 2.45) is 0 Å². The van der Waals surface area contributed by atoms with Gasteiger partial charge in [-0.2, -0.15) is 0 Å². The number of benzene rings is 1. The number of carbonyl (C=O) groups is 1. The van der Waals surface area contributed by atoms with E-state index in [2.05, 4.69) is 15.2 Å². The summed E-state index contributed by atoms with van der Waals surface area (Å²) in [7, 11) is 0. The number of morpholine rings is 1. The van der Waals surface area contributed by atoms with Gasteiger partial charge < -0.3 is 19.4 Å². The summed E-state index contributed by atoms with van der Waals surface area (Å²) in [5.41, 5.74) is 3.21. The van der Waals surface area contributed by atoms with Crippen molar-refractivity contribution in [2.75, 3.05) is 36.5 Å². The first kappa shape index (κ1) is 16.5. The maximum atomic E-state index is 13.8. The Bertz CT molecular complexity index is 963. The summed E-state index contributed by atoms with van der Waals surface area (Å²) in [5, 5.41) is 2.81. The second-order valence-corrected chi connectivity index (χ2v) is 6.26. The Kier molecular flexibility index (Phi) is 4.30. The summed E-state index contributed by atoms with van der Waals surface area (Å²) in [6, 6.07) is 8.25. The monoisotopic (exact) mass is 354 g/mol. The molecule has 3 aromatic rings. The molecule has 7 heteroatoms. The van der Waals surface area contributed by atoms with Crippen LogP contribution in [-0.4, -0.2) is 41.6 Å². The lowest BCUT2D eigenvalue weighted by Crippen LogP contribution is -2.36. The Morgan fingerprint density at radius 3 is 2.85 bits per heavy atom. The zero-order valence-corrected chi connectivity index (χ0v) is 14.4. The van der Waals surface area contributed by atoms with Crippen LogP contribution < -0.4 is 10.2 Å². The van der Waals surface area contributed by atoms with Crippen molar-refractivity contribution in [3.63, 3.8) is 0 Å². The number of carbonyl (C=O) groups excluding carboxylic acids is 1. The van der Waals surface area contributed by atoms with Crippen LogP contribution in [0.3, 0.4) is 0 Å². The van der Waals surface area contributed by atoms with E-state index in [9.17, 15) is 9.18 Å². The summed E-state index contributed by atoms with van der Waals surface area (Å²) >= 11 is 0. The number of hydrogen-bond donors (Lipinski definition) is 1. The average molecular weight is 354 g/mol. The third-order valence-corrected chi connectivity index (χ3v) is 4.47. The predicted octanol–water partition coefficient (Wildman–Crippen LogP) is 2.87. The number of aryl methyl sites for hydroxylation is 1. The molecule has 1 N–H and O–H groups in total. The first-order valence-corrected chi connectivity index (χ1v) is 8.50. The number of pyridine rings is 1. The van der Waals surface area contributed by atoms with Gasteiger partial charge in [-0.05, 0) is 36.8 Å². The van der Waals surface area contributed by atoms with Crippen LogP contribution >= 0.6 is 0 Å². The highest BCUT2D eigenvalue weighted by molar-refractivity contribution is 6.05. The van der Waals surface area contributed by atoms with Crippen molar-refractivity contribution in [1.82, 2.24) is 9.38 Å².